The fourth-order valence-electron chi connectivity index (χ4n) is 1.52. The third-order valence-electron chi connectivity index (χ3n) is 2.28. The Labute approximate surface area is 96.8 Å². The minimum absolute atomic E-state index is 0.673. The van der Waals surface area contributed by atoms with E-state index in [1.165, 1.54) is 11.3 Å². The Bertz CT molecular complexity index is 324. The van der Waals surface area contributed by atoms with E-state index in [4.69, 9.17) is 5.73 Å². The van der Waals surface area contributed by atoms with E-state index in [-0.39, 0.29) is 0 Å². The number of nitrogen functional groups attached to an aromatic ring is 1. The topological polar surface area (TPSA) is 38.0 Å². The largest absolute Gasteiger partial charge is 0.398 e. The number of hydrogen-bond donors (Lipinski definition) is 2. The van der Waals surface area contributed by atoms with Crippen LogP contribution in [0.2, 0.25) is 0 Å². The molecule has 0 radical (unpaired) electrons. The van der Waals surface area contributed by atoms with Crippen LogP contribution >= 0.6 is 27.7 Å². The molecule has 0 aromatic heterocycles. The summed E-state index contributed by atoms with van der Waals surface area (Å²) in [6.07, 6.45) is 1.23. The molecule has 4 heteroatoms. The Morgan fingerprint density at radius 3 is 3.07 bits per heavy atom. The summed E-state index contributed by atoms with van der Waals surface area (Å²) in [6, 6.07) is 6.03. The van der Waals surface area contributed by atoms with Gasteiger partial charge in [-0.15, -0.1) is 11.8 Å². The third-order valence-corrected chi connectivity index (χ3v) is 4.12. The Hall–Kier alpha value is -0.190. The lowest BCUT2D eigenvalue weighted by molar-refractivity contribution is 0.858. The van der Waals surface area contributed by atoms with Gasteiger partial charge in [0, 0.05) is 26.9 Å². The van der Waals surface area contributed by atoms with Gasteiger partial charge in [-0.25, -0.2) is 0 Å². The summed E-state index contributed by atoms with van der Waals surface area (Å²) in [5.74, 6) is 0. The normalized spacial score (nSPS) is 21.4. The molecule has 1 fully saturated rings. The predicted octanol–water partition coefficient (Wildman–Crippen LogP) is 2.49. The first kappa shape index (κ1) is 10.3. The van der Waals surface area contributed by atoms with E-state index in [0.717, 1.165) is 23.2 Å². The predicted molar refractivity (Wildman–Crippen MR) is 65.7 cm³/mol. The van der Waals surface area contributed by atoms with E-state index >= 15 is 0 Å². The van der Waals surface area contributed by atoms with Gasteiger partial charge >= 0.3 is 0 Å². The van der Waals surface area contributed by atoms with Crippen LogP contribution in [0.4, 0.5) is 5.69 Å². The number of nitrogens with one attached hydrogen (secondary N) is 1. The molecule has 0 aliphatic carbocycles. The smallest absolute Gasteiger partial charge is 0.0453 e. The molecule has 0 saturated carbocycles. The zero-order chi connectivity index (χ0) is 9.97. The van der Waals surface area contributed by atoms with E-state index in [0.29, 0.717) is 5.25 Å². The van der Waals surface area contributed by atoms with Crippen LogP contribution in [0.15, 0.2) is 27.6 Å². The second kappa shape index (κ2) is 4.55. The summed E-state index contributed by atoms with van der Waals surface area (Å²) in [5, 5.41) is 4.03. The summed E-state index contributed by atoms with van der Waals surface area (Å²) < 4.78 is 1.10. The molecule has 1 aliphatic heterocycles. The second-order valence-corrected chi connectivity index (χ2v) is 5.67. The van der Waals surface area contributed by atoms with Crippen molar-refractivity contribution in [1.29, 1.82) is 0 Å². The maximum atomic E-state index is 5.91. The fraction of sp³-hybridized carbons (Fsp3) is 0.400. The van der Waals surface area contributed by atoms with Gasteiger partial charge in [0.05, 0.1) is 0 Å². The van der Waals surface area contributed by atoms with Crippen molar-refractivity contribution < 1.29 is 0 Å². The molecule has 1 aliphatic rings. The van der Waals surface area contributed by atoms with Crippen LogP contribution in [-0.4, -0.2) is 18.3 Å². The molecule has 0 spiro atoms. The fourth-order valence-corrected chi connectivity index (χ4v) is 3.23. The molecule has 3 N–H and O–H groups in total. The van der Waals surface area contributed by atoms with Gasteiger partial charge in [0.1, 0.15) is 0 Å². The van der Waals surface area contributed by atoms with E-state index in [1.54, 1.807) is 0 Å². The van der Waals surface area contributed by atoms with Gasteiger partial charge in [-0.05, 0) is 31.2 Å². The number of rotatable bonds is 2. The first-order chi connectivity index (χ1) is 6.75. The minimum Gasteiger partial charge on any atom is -0.398 e. The van der Waals surface area contributed by atoms with E-state index in [1.807, 2.05) is 23.9 Å². The number of nitrogens with two attached hydrogens (primary N) is 1. The first-order valence-corrected chi connectivity index (χ1v) is 6.35. The van der Waals surface area contributed by atoms with Crippen LogP contribution in [-0.2, 0) is 0 Å². The quantitative estimate of drug-likeness (QED) is 0.813. The highest BCUT2D eigenvalue weighted by molar-refractivity contribution is 9.10. The average Bonchev–Trinajstić information content (AvgIpc) is 2.64. The Kier molecular flexibility index (Phi) is 3.36. The lowest BCUT2D eigenvalue weighted by Gasteiger charge is -2.10. The zero-order valence-electron chi connectivity index (χ0n) is 7.79. The Morgan fingerprint density at radius 1 is 1.50 bits per heavy atom. The molecular formula is C10H13BrN2S. The monoisotopic (exact) mass is 272 g/mol. The van der Waals surface area contributed by atoms with Gasteiger partial charge in [0.2, 0.25) is 0 Å². The number of thioether (sulfide) groups is 1. The average molecular weight is 273 g/mol. The standard InChI is InChI=1S/C10H13BrN2S/c11-7-1-2-9(12)10(5-7)14-8-3-4-13-6-8/h1-2,5,8,13H,3-4,6,12H2. The lowest BCUT2D eigenvalue weighted by Crippen LogP contribution is -2.10. The zero-order valence-corrected chi connectivity index (χ0v) is 10.2. The Balaban J connectivity index is 2.10. The van der Waals surface area contributed by atoms with E-state index in [9.17, 15) is 0 Å². The maximum absolute atomic E-state index is 5.91. The first-order valence-electron chi connectivity index (χ1n) is 4.68. The van der Waals surface area contributed by atoms with E-state index < -0.39 is 0 Å². The number of anilines is 1. The van der Waals surface area contributed by atoms with Crippen molar-refractivity contribution in [2.24, 2.45) is 0 Å². The number of benzene rings is 1. The van der Waals surface area contributed by atoms with Gasteiger partial charge in [-0.3, -0.25) is 0 Å². The number of hydrogen-bond acceptors (Lipinski definition) is 3. The van der Waals surface area contributed by atoms with Crippen molar-refractivity contribution in [3.05, 3.63) is 22.7 Å². The maximum Gasteiger partial charge on any atom is 0.0453 e. The molecule has 0 bridgehead atoms. The molecule has 2 nitrogen and oxygen atoms in total. The van der Waals surface area contributed by atoms with Crippen LogP contribution < -0.4 is 11.1 Å². The van der Waals surface area contributed by atoms with Gasteiger partial charge in [0.15, 0.2) is 0 Å². The summed E-state index contributed by atoms with van der Waals surface area (Å²) in [7, 11) is 0. The molecule has 1 aromatic carbocycles. The third kappa shape index (κ3) is 2.43. The molecule has 1 unspecified atom stereocenters. The summed E-state index contributed by atoms with van der Waals surface area (Å²) in [4.78, 5) is 1.19. The van der Waals surface area contributed by atoms with Gasteiger partial charge < -0.3 is 11.1 Å². The van der Waals surface area contributed by atoms with Crippen molar-refractivity contribution in [2.45, 2.75) is 16.6 Å². The van der Waals surface area contributed by atoms with Crippen LogP contribution in [0, 0.1) is 0 Å². The van der Waals surface area contributed by atoms with Crippen LogP contribution in [0.3, 0.4) is 0 Å². The highest BCUT2D eigenvalue weighted by Crippen LogP contribution is 2.33. The van der Waals surface area contributed by atoms with Crippen molar-refractivity contribution >= 4 is 33.4 Å². The highest BCUT2D eigenvalue weighted by atomic mass is 79.9. The van der Waals surface area contributed by atoms with Crippen molar-refractivity contribution in [3.63, 3.8) is 0 Å². The van der Waals surface area contributed by atoms with Crippen LogP contribution in [0.5, 0.6) is 0 Å². The number of halogens is 1. The van der Waals surface area contributed by atoms with Gasteiger partial charge in [0.25, 0.3) is 0 Å². The van der Waals surface area contributed by atoms with Crippen molar-refractivity contribution in [1.82, 2.24) is 5.32 Å². The summed E-state index contributed by atoms with van der Waals surface area (Å²) in [6.45, 7) is 2.22. The summed E-state index contributed by atoms with van der Waals surface area (Å²) in [5.41, 5.74) is 6.79. The molecule has 0 amide bonds. The Morgan fingerprint density at radius 2 is 2.36 bits per heavy atom. The van der Waals surface area contributed by atoms with Gasteiger partial charge in [-0.2, -0.15) is 0 Å². The molecule has 2 rings (SSSR count). The minimum atomic E-state index is 0.673. The van der Waals surface area contributed by atoms with Crippen LogP contribution in [0.1, 0.15) is 6.42 Å². The van der Waals surface area contributed by atoms with Crippen LogP contribution in [0.25, 0.3) is 0 Å². The molecule has 1 heterocycles. The molecular weight excluding hydrogens is 260 g/mol. The van der Waals surface area contributed by atoms with Gasteiger partial charge in [-0.1, -0.05) is 15.9 Å². The summed E-state index contributed by atoms with van der Waals surface area (Å²) >= 11 is 5.34. The molecule has 1 aromatic rings. The lowest BCUT2D eigenvalue weighted by atomic mass is 10.3. The second-order valence-electron chi connectivity index (χ2n) is 3.41. The highest BCUT2D eigenvalue weighted by Gasteiger charge is 2.16. The molecule has 14 heavy (non-hydrogen) atoms. The molecule has 76 valence electrons. The van der Waals surface area contributed by atoms with Crippen molar-refractivity contribution in [3.8, 4) is 0 Å². The van der Waals surface area contributed by atoms with E-state index in [2.05, 4.69) is 27.3 Å². The molecule has 1 atom stereocenters. The van der Waals surface area contributed by atoms with Crippen molar-refractivity contribution in [2.75, 3.05) is 18.8 Å². The molecule has 1 saturated heterocycles. The SMILES string of the molecule is Nc1ccc(Br)cc1SC1CCNC1.